The summed E-state index contributed by atoms with van der Waals surface area (Å²) in [5.74, 6) is 0. The van der Waals surface area contributed by atoms with Crippen molar-refractivity contribution in [1.82, 2.24) is 0 Å². The van der Waals surface area contributed by atoms with Gasteiger partial charge in [0.1, 0.15) is 11.2 Å². The zero-order valence-corrected chi connectivity index (χ0v) is 21.4. The van der Waals surface area contributed by atoms with Crippen LogP contribution in [-0.2, 0) is 0 Å². The van der Waals surface area contributed by atoms with Gasteiger partial charge in [0.2, 0.25) is 0 Å². The molecule has 0 aliphatic carbocycles. The quantitative estimate of drug-likeness (QED) is 0.192. The van der Waals surface area contributed by atoms with E-state index in [-0.39, 0.29) is 0 Å². The molecular weight excluding hydrogens is 520 g/mol. The fourth-order valence-corrected chi connectivity index (χ4v) is 5.05. The predicted molar refractivity (Wildman–Crippen MR) is 183 cm³/mol. The molecule has 0 radical (unpaired) electrons. The first-order chi connectivity index (χ1) is 32.2. The SMILES string of the molecule is [2H]c1c([2H])c([2H])c(-c2c3c([2H])c([2H])c([2H])c([2H])c3c(-c3c([2H])c([2H])c(-c4c([2H])c([2H])c5oc6c([2H])c7c([2H])c([2H])c([2H])c([2H])c7c([2H])c6c5c4[2H])c([2H])c3[2H])c3c([2H])c([2H])c([2H])c([2H])c23)c([2H])c1[2H]. The van der Waals surface area contributed by atoms with Crippen molar-refractivity contribution in [3.05, 3.63) is 157 Å². The Balaban J connectivity index is 1.49. The Kier molecular flexibility index (Phi) is 2.13. The van der Waals surface area contributed by atoms with Gasteiger partial charge in [0, 0.05) is 10.8 Å². The first kappa shape index (κ1) is 9.69. The van der Waals surface area contributed by atoms with Crippen LogP contribution in [0, 0.1) is 0 Å². The summed E-state index contributed by atoms with van der Waals surface area (Å²) in [7, 11) is 0. The molecule has 9 aromatic rings. The number of hydrogen-bond donors (Lipinski definition) is 0. The Morgan fingerprint density at radius 1 is 0.326 bits per heavy atom. The summed E-state index contributed by atoms with van der Waals surface area (Å²) in [6.45, 7) is 0. The van der Waals surface area contributed by atoms with Gasteiger partial charge in [-0.15, -0.1) is 0 Å². The van der Waals surface area contributed by atoms with Gasteiger partial charge in [0.05, 0.1) is 35.6 Å². The van der Waals surface area contributed by atoms with Crippen molar-refractivity contribution in [3.63, 3.8) is 0 Å². The molecule has 43 heavy (non-hydrogen) atoms. The molecule has 1 heteroatoms. The molecule has 0 aliphatic heterocycles. The molecule has 0 N–H and O–H groups in total. The van der Waals surface area contributed by atoms with E-state index >= 15 is 0 Å². The summed E-state index contributed by atoms with van der Waals surface area (Å²) in [4.78, 5) is 0. The van der Waals surface area contributed by atoms with E-state index in [0.29, 0.717) is 0 Å². The van der Waals surface area contributed by atoms with E-state index in [1.807, 2.05) is 0 Å². The highest BCUT2D eigenvalue weighted by atomic mass is 16.3. The van der Waals surface area contributed by atoms with Gasteiger partial charge in [0.15, 0.2) is 0 Å². The van der Waals surface area contributed by atoms with Crippen molar-refractivity contribution in [2.75, 3.05) is 0 Å². The van der Waals surface area contributed by atoms with Crippen LogP contribution in [0.3, 0.4) is 0 Å². The van der Waals surface area contributed by atoms with E-state index in [2.05, 4.69) is 0 Å². The fraction of sp³-hybridized carbons (Fsp3) is 0. The second-order valence-corrected chi connectivity index (χ2v) is 9.26. The Morgan fingerprint density at radius 2 is 0.791 bits per heavy atom. The molecule has 0 bridgehead atoms. The van der Waals surface area contributed by atoms with E-state index in [0.717, 1.165) is 0 Å². The fourth-order valence-electron chi connectivity index (χ4n) is 5.05. The van der Waals surface area contributed by atoms with Crippen LogP contribution < -0.4 is 0 Å². The maximum Gasteiger partial charge on any atom is 0.136 e. The lowest BCUT2D eigenvalue weighted by atomic mass is 9.86. The van der Waals surface area contributed by atoms with Gasteiger partial charge in [-0.1, -0.05) is 133 Å². The van der Waals surface area contributed by atoms with Crippen LogP contribution >= 0.6 is 0 Å². The van der Waals surface area contributed by atoms with Crippen molar-refractivity contribution >= 4 is 54.3 Å². The lowest BCUT2D eigenvalue weighted by molar-refractivity contribution is 0.669. The zero-order chi connectivity index (χ0) is 51.0. The minimum atomic E-state index is -1.07. The zero-order valence-electron chi connectivity index (χ0n) is 47.4. The molecule has 0 saturated heterocycles. The van der Waals surface area contributed by atoms with Gasteiger partial charge in [-0.05, 0) is 89.9 Å². The van der Waals surface area contributed by atoms with E-state index < -0.39 is 245 Å². The molecule has 1 nitrogen and oxygen atoms in total. The Hall–Kier alpha value is -5.66. The predicted octanol–water partition coefficient (Wildman–Crippen LogP) is 12.0. The van der Waals surface area contributed by atoms with E-state index in [1.165, 1.54) is 0 Å². The molecule has 9 rings (SSSR count). The highest BCUT2D eigenvalue weighted by Crippen LogP contribution is 2.44. The summed E-state index contributed by atoms with van der Waals surface area (Å²) in [5, 5.41) is -4.46. The molecule has 0 unspecified atom stereocenters. The van der Waals surface area contributed by atoms with E-state index in [1.54, 1.807) is 0 Å². The molecule has 0 spiro atoms. The second-order valence-electron chi connectivity index (χ2n) is 9.26. The van der Waals surface area contributed by atoms with E-state index in [4.69, 9.17) is 30.5 Å². The van der Waals surface area contributed by atoms with Crippen LogP contribution in [0.1, 0.15) is 35.6 Å². The van der Waals surface area contributed by atoms with Crippen LogP contribution in [0.5, 0.6) is 0 Å². The Bertz CT molecular complexity index is 3830. The van der Waals surface area contributed by atoms with Gasteiger partial charge in [-0.25, -0.2) is 0 Å². The number of rotatable bonds is 3. The molecule has 0 amide bonds. The summed E-state index contributed by atoms with van der Waals surface area (Å²) >= 11 is 0. The summed E-state index contributed by atoms with van der Waals surface area (Å²) in [6, 6.07) is -23.1. The third kappa shape index (κ3) is 3.79. The minimum Gasteiger partial charge on any atom is -0.456 e. The van der Waals surface area contributed by atoms with Crippen LogP contribution in [0.25, 0.3) is 87.6 Å². The first-order valence-corrected chi connectivity index (χ1v) is 12.7. The maximum absolute atomic E-state index is 9.49. The van der Waals surface area contributed by atoms with Crippen LogP contribution in [0.4, 0.5) is 0 Å². The molecule has 200 valence electrons. The van der Waals surface area contributed by atoms with Gasteiger partial charge in [-0.2, -0.15) is 0 Å². The van der Waals surface area contributed by atoms with Crippen molar-refractivity contribution < 1.29 is 40.1 Å². The van der Waals surface area contributed by atoms with Crippen LogP contribution in [0.2, 0.25) is 0 Å². The highest BCUT2D eigenvalue weighted by Gasteiger charge is 2.16. The maximum atomic E-state index is 9.49. The van der Waals surface area contributed by atoms with Gasteiger partial charge < -0.3 is 4.42 Å². The van der Waals surface area contributed by atoms with Crippen molar-refractivity contribution in [1.29, 1.82) is 0 Å². The van der Waals surface area contributed by atoms with Crippen LogP contribution in [0.15, 0.2) is 162 Å². The molecule has 0 aliphatic rings. The topological polar surface area (TPSA) is 13.1 Å². The van der Waals surface area contributed by atoms with Crippen molar-refractivity contribution in [2.45, 2.75) is 0 Å². The number of fused-ring (bicyclic) bond motifs is 6. The summed E-state index contributed by atoms with van der Waals surface area (Å²) in [6.07, 6.45) is 0. The first-order valence-electron chi connectivity index (χ1n) is 25.7. The molecule has 0 atom stereocenters. The molecule has 8 aromatic carbocycles. The third-order valence-corrected chi connectivity index (χ3v) is 6.89. The Morgan fingerprint density at radius 3 is 1.42 bits per heavy atom. The standard InChI is InChI=1S/C42H26O/c1-2-10-28(11-3-1)41-33-14-6-8-16-35(33)42(36-17-9-7-15-34(36)41)29-20-18-27(19-21-29)32-22-23-39-37(25-32)38-24-30-12-4-5-13-31(30)26-40(38)43-39/h1-26H/i1D,2D,3D,4D,5D,6D,7D,8D,9D,10D,11D,12D,13D,14D,15D,16D,17D,18D,19D,20D,21D,22D,23D,24D,25D,26D. The second kappa shape index (κ2) is 9.44. The molecule has 0 fully saturated rings. The molecule has 1 heterocycles. The van der Waals surface area contributed by atoms with Gasteiger partial charge >= 0.3 is 0 Å². The normalized spacial score (nSPS) is 20.2. The average Bonchev–Trinajstić information content (AvgIpc) is 3.74. The third-order valence-electron chi connectivity index (χ3n) is 6.89. The average molecular weight is 573 g/mol. The monoisotopic (exact) mass is 572 g/mol. The molecule has 0 saturated carbocycles. The van der Waals surface area contributed by atoms with Crippen molar-refractivity contribution in [2.24, 2.45) is 0 Å². The minimum absolute atomic E-state index is 0.403. The summed E-state index contributed by atoms with van der Waals surface area (Å²) in [5.41, 5.74) is -5.53. The van der Waals surface area contributed by atoms with Gasteiger partial charge in [-0.3, -0.25) is 0 Å². The summed E-state index contributed by atoms with van der Waals surface area (Å²) < 4.78 is 237. The Labute approximate surface area is 285 Å². The lowest BCUT2D eigenvalue weighted by Crippen LogP contribution is -1.90. The number of furan rings is 1. The number of benzene rings is 8. The van der Waals surface area contributed by atoms with Crippen LogP contribution in [-0.4, -0.2) is 0 Å². The highest BCUT2D eigenvalue weighted by molar-refractivity contribution is 6.21. The van der Waals surface area contributed by atoms with Gasteiger partial charge in [0.25, 0.3) is 0 Å². The lowest BCUT2D eigenvalue weighted by Gasteiger charge is -2.18. The molecule has 1 aromatic heterocycles. The molecular formula is C42H26O. The largest absolute Gasteiger partial charge is 0.456 e. The smallest absolute Gasteiger partial charge is 0.136 e. The van der Waals surface area contributed by atoms with E-state index in [9.17, 15) is 9.60 Å². The van der Waals surface area contributed by atoms with Crippen molar-refractivity contribution in [3.8, 4) is 33.4 Å². The number of hydrogen-bond acceptors (Lipinski definition) is 1.